The van der Waals surface area contributed by atoms with Crippen LogP contribution < -0.4 is 0 Å². The van der Waals surface area contributed by atoms with Gasteiger partial charge in [-0.15, -0.1) is 11.6 Å². The molecule has 3 heteroatoms. The lowest BCUT2D eigenvalue weighted by Crippen LogP contribution is -2.27. The Morgan fingerprint density at radius 3 is 2.10 bits per heavy atom. The molecule has 0 amide bonds. The van der Waals surface area contributed by atoms with Crippen molar-refractivity contribution < 1.29 is 9.50 Å². The van der Waals surface area contributed by atoms with Gasteiger partial charge in [-0.1, -0.05) is 42.5 Å². The van der Waals surface area contributed by atoms with Gasteiger partial charge in [0.15, 0.2) is 0 Å². The summed E-state index contributed by atoms with van der Waals surface area (Å²) in [4.78, 5) is 0. The lowest BCUT2D eigenvalue weighted by Gasteiger charge is -2.29. The van der Waals surface area contributed by atoms with Crippen LogP contribution in [0.2, 0.25) is 0 Å². The van der Waals surface area contributed by atoms with Gasteiger partial charge in [-0.25, -0.2) is 4.39 Å². The average Bonchev–Trinajstić information content (AvgIpc) is 2.49. The summed E-state index contributed by atoms with van der Waals surface area (Å²) in [5.41, 5.74) is 0.432. The molecule has 1 N–H and O–H groups in total. The number of benzene rings is 2. The molecule has 106 valence electrons. The van der Waals surface area contributed by atoms with Crippen LogP contribution in [0.15, 0.2) is 54.6 Å². The van der Waals surface area contributed by atoms with Crippen molar-refractivity contribution in [3.05, 3.63) is 71.5 Å². The summed E-state index contributed by atoms with van der Waals surface area (Å²) >= 11 is 5.71. The number of aliphatic hydroxyl groups is 1. The van der Waals surface area contributed by atoms with Crippen molar-refractivity contribution in [1.82, 2.24) is 0 Å². The SMILES string of the molecule is OC(CCCCCl)(c1ccccc1)c1ccc(F)cc1. The maximum Gasteiger partial charge on any atom is 0.123 e. The smallest absolute Gasteiger partial charge is 0.123 e. The molecule has 2 rings (SSSR count). The Kier molecular flexibility index (Phi) is 5.16. The maximum atomic E-state index is 13.1. The highest BCUT2D eigenvalue weighted by Gasteiger charge is 2.30. The van der Waals surface area contributed by atoms with Gasteiger partial charge in [0.25, 0.3) is 0 Å². The van der Waals surface area contributed by atoms with Gasteiger partial charge in [-0.05, 0) is 42.5 Å². The third-order valence-electron chi connectivity index (χ3n) is 3.50. The summed E-state index contributed by atoms with van der Waals surface area (Å²) in [7, 11) is 0. The van der Waals surface area contributed by atoms with Crippen molar-refractivity contribution in [3.8, 4) is 0 Å². The van der Waals surface area contributed by atoms with Crippen molar-refractivity contribution in [2.75, 3.05) is 5.88 Å². The van der Waals surface area contributed by atoms with E-state index in [0.29, 0.717) is 17.9 Å². The molecule has 1 nitrogen and oxygen atoms in total. The van der Waals surface area contributed by atoms with Crippen molar-refractivity contribution in [2.24, 2.45) is 0 Å². The van der Waals surface area contributed by atoms with Crippen molar-refractivity contribution in [1.29, 1.82) is 0 Å². The average molecular weight is 293 g/mol. The highest BCUT2D eigenvalue weighted by atomic mass is 35.5. The summed E-state index contributed by atoms with van der Waals surface area (Å²) in [5, 5.41) is 11.1. The van der Waals surface area contributed by atoms with Crippen LogP contribution >= 0.6 is 11.6 Å². The zero-order valence-electron chi connectivity index (χ0n) is 11.2. The minimum absolute atomic E-state index is 0.301. The van der Waals surface area contributed by atoms with E-state index in [4.69, 9.17) is 11.6 Å². The first-order valence-electron chi connectivity index (χ1n) is 6.77. The molecule has 2 aromatic rings. The van der Waals surface area contributed by atoms with E-state index in [-0.39, 0.29) is 5.82 Å². The molecule has 0 bridgehead atoms. The van der Waals surface area contributed by atoms with Crippen molar-refractivity contribution in [3.63, 3.8) is 0 Å². The number of hydrogen-bond donors (Lipinski definition) is 1. The van der Waals surface area contributed by atoms with E-state index in [9.17, 15) is 9.50 Å². The van der Waals surface area contributed by atoms with Gasteiger partial charge in [-0.3, -0.25) is 0 Å². The number of rotatable bonds is 6. The Hall–Kier alpha value is -1.38. The second-order valence-corrected chi connectivity index (χ2v) is 5.26. The number of halogens is 2. The van der Waals surface area contributed by atoms with Gasteiger partial charge in [0.05, 0.1) is 0 Å². The zero-order valence-corrected chi connectivity index (χ0v) is 12.0. The molecule has 0 aliphatic rings. The molecule has 0 saturated carbocycles. The van der Waals surface area contributed by atoms with E-state index in [1.54, 1.807) is 12.1 Å². The molecule has 1 unspecified atom stereocenters. The third-order valence-corrected chi connectivity index (χ3v) is 3.76. The first-order chi connectivity index (χ1) is 9.66. The minimum Gasteiger partial charge on any atom is -0.380 e. The summed E-state index contributed by atoms with van der Waals surface area (Å²) in [6, 6.07) is 15.5. The third kappa shape index (κ3) is 3.38. The van der Waals surface area contributed by atoms with Crippen LogP contribution in [0.5, 0.6) is 0 Å². The maximum absolute atomic E-state index is 13.1. The molecule has 0 aromatic heterocycles. The molecule has 0 spiro atoms. The zero-order chi connectivity index (χ0) is 14.4. The van der Waals surface area contributed by atoms with E-state index in [1.165, 1.54) is 12.1 Å². The van der Waals surface area contributed by atoms with Crippen LogP contribution in [0, 0.1) is 5.82 Å². The molecule has 2 aromatic carbocycles. The van der Waals surface area contributed by atoms with Crippen LogP contribution in [-0.4, -0.2) is 11.0 Å². The standard InChI is InChI=1S/C17H18ClFO/c18-13-5-4-12-17(20,14-6-2-1-3-7-14)15-8-10-16(19)11-9-15/h1-3,6-11,20H,4-5,12-13H2. The highest BCUT2D eigenvalue weighted by molar-refractivity contribution is 6.17. The summed E-state index contributed by atoms with van der Waals surface area (Å²) in [6.07, 6.45) is 2.22. The first kappa shape index (κ1) is 15.0. The molecule has 1 atom stereocenters. The summed E-state index contributed by atoms with van der Waals surface area (Å²) < 4.78 is 13.1. The van der Waals surface area contributed by atoms with Crippen LogP contribution in [0.3, 0.4) is 0 Å². The molecule has 0 fully saturated rings. The molecule has 0 aliphatic carbocycles. The van der Waals surface area contributed by atoms with Gasteiger partial charge in [-0.2, -0.15) is 0 Å². The van der Waals surface area contributed by atoms with Crippen LogP contribution in [0.4, 0.5) is 4.39 Å². The Labute approximate surface area is 124 Å². The van der Waals surface area contributed by atoms with E-state index in [2.05, 4.69) is 0 Å². The van der Waals surface area contributed by atoms with Gasteiger partial charge in [0.2, 0.25) is 0 Å². The van der Waals surface area contributed by atoms with Crippen LogP contribution in [0.1, 0.15) is 30.4 Å². The summed E-state index contributed by atoms with van der Waals surface area (Å²) in [6.45, 7) is 0. The number of alkyl halides is 1. The fourth-order valence-corrected chi connectivity index (χ4v) is 2.56. The van der Waals surface area contributed by atoms with E-state index in [0.717, 1.165) is 18.4 Å². The van der Waals surface area contributed by atoms with Gasteiger partial charge in [0, 0.05) is 5.88 Å². The predicted molar refractivity (Wildman–Crippen MR) is 80.4 cm³/mol. The minimum atomic E-state index is -1.10. The van der Waals surface area contributed by atoms with Crippen LogP contribution in [-0.2, 0) is 5.60 Å². The largest absolute Gasteiger partial charge is 0.380 e. The Morgan fingerprint density at radius 2 is 1.50 bits per heavy atom. The van der Waals surface area contributed by atoms with Gasteiger partial charge < -0.3 is 5.11 Å². The molecule has 0 heterocycles. The van der Waals surface area contributed by atoms with E-state index < -0.39 is 5.60 Å². The fraction of sp³-hybridized carbons (Fsp3) is 0.294. The fourth-order valence-electron chi connectivity index (χ4n) is 2.37. The topological polar surface area (TPSA) is 20.2 Å². The Morgan fingerprint density at radius 1 is 0.900 bits per heavy atom. The number of hydrogen-bond acceptors (Lipinski definition) is 1. The van der Waals surface area contributed by atoms with Crippen molar-refractivity contribution in [2.45, 2.75) is 24.9 Å². The van der Waals surface area contributed by atoms with E-state index in [1.807, 2.05) is 30.3 Å². The monoisotopic (exact) mass is 292 g/mol. The van der Waals surface area contributed by atoms with Gasteiger partial charge >= 0.3 is 0 Å². The van der Waals surface area contributed by atoms with E-state index >= 15 is 0 Å². The molecule has 0 radical (unpaired) electrons. The Bertz CT molecular complexity index is 526. The molecule has 0 aliphatic heterocycles. The van der Waals surface area contributed by atoms with Gasteiger partial charge in [0.1, 0.15) is 11.4 Å². The highest BCUT2D eigenvalue weighted by Crippen LogP contribution is 2.34. The second kappa shape index (κ2) is 6.87. The van der Waals surface area contributed by atoms with Crippen LogP contribution in [0.25, 0.3) is 0 Å². The Balaban J connectivity index is 2.35. The normalized spacial score (nSPS) is 13.9. The molecular weight excluding hydrogens is 275 g/mol. The lowest BCUT2D eigenvalue weighted by molar-refractivity contribution is 0.0685. The predicted octanol–water partition coefficient (Wildman–Crippen LogP) is 4.47. The second-order valence-electron chi connectivity index (χ2n) is 4.88. The number of unbranched alkanes of at least 4 members (excludes halogenated alkanes) is 1. The van der Waals surface area contributed by atoms with Crippen molar-refractivity contribution >= 4 is 11.6 Å². The summed E-state index contributed by atoms with van der Waals surface area (Å²) in [5.74, 6) is 0.277. The molecule has 0 saturated heterocycles. The first-order valence-corrected chi connectivity index (χ1v) is 7.30. The molecular formula is C17H18ClFO. The lowest BCUT2D eigenvalue weighted by atomic mass is 9.82. The molecule has 20 heavy (non-hydrogen) atoms. The quantitative estimate of drug-likeness (QED) is 0.615.